The summed E-state index contributed by atoms with van der Waals surface area (Å²) in [4.78, 5) is 11.7. The normalized spacial score (nSPS) is 12.6. The topological polar surface area (TPSA) is 70.7 Å². The van der Waals surface area contributed by atoms with Crippen molar-refractivity contribution >= 4 is 23.6 Å². The van der Waals surface area contributed by atoms with E-state index in [1.54, 1.807) is 17.7 Å². The molecule has 0 saturated heterocycles. The molecule has 5 nitrogen and oxygen atoms in total. The molecule has 1 unspecified atom stereocenters. The quantitative estimate of drug-likeness (QED) is 0.821. The number of carbonyl (C=O) groups excluding carboxylic acids is 1. The Morgan fingerprint density at radius 3 is 2.76 bits per heavy atom. The molecule has 0 saturated carbocycles. The largest absolute Gasteiger partial charge is 0.351 e. The van der Waals surface area contributed by atoms with Crippen LogP contribution in [0.15, 0.2) is 6.08 Å². The van der Waals surface area contributed by atoms with Crippen molar-refractivity contribution in [3.05, 3.63) is 22.5 Å². The van der Waals surface area contributed by atoms with Gasteiger partial charge in [0, 0.05) is 24.7 Å². The van der Waals surface area contributed by atoms with Crippen LogP contribution in [-0.4, -0.2) is 22.2 Å². The summed E-state index contributed by atoms with van der Waals surface area (Å²) in [5, 5.41) is 16.2. The van der Waals surface area contributed by atoms with Gasteiger partial charge in [0.2, 0.25) is 5.91 Å². The summed E-state index contributed by atoms with van der Waals surface area (Å²) in [7, 11) is 0. The lowest BCUT2D eigenvalue weighted by atomic mass is 10.2. The van der Waals surface area contributed by atoms with Crippen LogP contribution in [0.25, 0.3) is 6.08 Å². The Morgan fingerprint density at radius 1 is 1.52 bits per heavy atom. The molecular formula is C15H21ClN4O. The van der Waals surface area contributed by atoms with E-state index >= 15 is 0 Å². The summed E-state index contributed by atoms with van der Waals surface area (Å²) in [6.45, 7) is 8.86. The maximum absolute atomic E-state index is 11.7. The second-order valence-electron chi connectivity index (χ2n) is 5.47. The maximum atomic E-state index is 11.7. The minimum Gasteiger partial charge on any atom is -0.351 e. The van der Waals surface area contributed by atoms with Gasteiger partial charge in [-0.05, 0) is 25.8 Å². The van der Waals surface area contributed by atoms with E-state index < -0.39 is 0 Å². The first-order valence-corrected chi connectivity index (χ1v) is 7.31. The fraction of sp³-hybridized carbons (Fsp3) is 0.533. The fourth-order valence-electron chi connectivity index (χ4n) is 1.74. The number of nitrogens with one attached hydrogen (secondary N) is 1. The highest BCUT2D eigenvalue weighted by atomic mass is 35.5. The van der Waals surface area contributed by atoms with Gasteiger partial charge in [-0.1, -0.05) is 25.4 Å². The number of rotatable bonds is 6. The number of hydrogen-bond donors (Lipinski definition) is 1. The molecule has 6 heteroatoms. The highest BCUT2D eigenvalue weighted by molar-refractivity contribution is 6.31. The predicted octanol–water partition coefficient (Wildman–Crippen LogP) is 2.79. The third-order valence-electron chi connectivity index (χ3n) is 2.85. The van der Waals surface area contributed by atoms with E-state index in [1.165, 1.54) is 6.08 Å². The van der Waals surface area contributed by atoms with Gasteiger partial charge >= 0.3 is 0 Å². The minimum atomic E-state index is -0.246. The number of hydrogen-bond acceptors (Lipinski definition) is 3. The molecule has 0 aliphatic carbocycles. The van der Waals surface area contributed by atoms with Gasteiger partial charge in [0.05, 0.1) is 17.7 Å². The Bertz CT molecular complexity index is 569. The molecule has 1 amide bonds. The Labute approximate surface area is 130 Å². The molecule has 0 aliphatic rings. The molecule has 1 rings (SSSR count). The van der Waals surface area contributed by atoms with E-state index in [4.69, 9.17) is 16.9 Å². The monoisotopic (exact) mass is 308 g/mol. The Hall–Kier alpha value is -1.80. The van der Waals surface area contributed by atoms with Crippen molar-refractivity contribution in [3.63, 3.8) is 0 Å². The van der Waals surface area contributed by atoms with Crippen LogP contribution in [0.1, 0.15) is 32.0 Å². The first kappa shape index (κ1) is 17.3. The van der Waals surface area contributed by atoms with Crippen LogP contribution in [0.4, 0.5) is 0 Å². The van der Waals surface area contributed by atoms with Crippen molar-refractivity contribution in [1.29, 1.82) is 5.26 Å². The van der Waals surface area contributed by atoms with Gasteiger partial charge in [0.1, 0.15) is 5.15 Å². The minimum absolute atomic E-state index is 0.207. The number of nitrogens with zero attached hydrogens (tertiary/aromatic N) is 3. The first-order valence-electron chi connectivity index (χ1n) is 6.93. The average molecular weight is 309 g/mol. The third-order valence-corrected chi connectivity index (χ3v) is 3.25. The number of aryl methyl sites for hydroxylation is 1. The highest BCUT2D eigenvalue weighted by Gasteiger charge is 2.12. The molecule has 1 N–H and O–H groups in total. The summed E-state index contributed by atoms with van der Waals surface area (Å²) >= 11 is 6.28. The van der Waals surface area contributed by atoms with Crippen LogP contribution in [0.2, 0.25) is 5.15 Å². The lowest BCUT2D eigenvalue weighted by Gasteiger charge is -2.05. The fourth-order valence-corrected chi connectivity index (χ4v) is 2.05. The maximum Gasteiger partial charge on any atom is 0.244 e. The Morgan fingerprint density at radius 2 is 2.19 bits per heavy atom. The van der Waals surface area contributed by atoms with Gasteiger partial charge in [0.15, 0.2) is 0 Å². The van der Waals surface area contributed by atoms with Crippen molar-refractivity contribution < 1.29 is 4.79 Å². The van der Waals surface area contributed by atoms with Crippen molar-refractivity contribution in [2.75, 3.05) is 6.54 Å². The molecule has 21 heavy (non-hydrogen) atoms. The summed E-state index contributed by atoms with van der Waals surface area (Å²) < 4.78 is 1.75. The number of aromatic nitrogens is 2. The number of amides is 1. The third kappa shape index (κ3) is 5.24. The van der Waals surface area contributed by atoms with E-state index in [2.05, 4.69) is 30.3 Å². The SMILES string of the molecule is Cc1nn(CC(C)C)c(Cl)c1/C=C/C(=O)NCC(C)C#N. The highest BCUT2D eigenvalue weighted by Crippen LogP contribution is 2.22. The molecule has 0 fully saturated rings. The van der Waals surface area contributed by atoms with Crippen LogP contribution in [0.5, 0.6) is 0 Å². The van der Waals surface area contributed by atoms with Crippen molar-refractivity contribution in [2.24, 2.45) is 11.8 Å². The van der Waals surface area contributed by atoms with Crippen molar-refractivity contribution in [1.82, 2.24) is 15.1 Å². The predicted molar refractivity (Wildman–Crippen MR) is 83.6 cm³/mol. The zero-order valence-corrected chi connectivity index (χ0v) is 13.6. The second-order valence-corrected chi connectivity index (χ2v) is 5.83. The summed E-state index contributed by atoms with van der Waals surface area (Å²) in [6.07, 6.45) is 3.08. The van der Waals surface area contributed by atoms with E-state index in [9.17, 15) is 4.79 Å². The van der Waals surface area contributed by atoms with Gasteiger partial charge in [-0.2, -0.15) is 10.4 Å². The lowest BCUT2D eigenvalue weighted by molar-refractivity contribution is -0.116. The molecule has 0 spiro atoms. The van der Waals surface area contributed by atoms with E-state index in [-0.39, 0.29) is 11.8 Å². The molecule has 1 heterocycles. The van der Waals surface area contributed by atoms with Gasteiger partial charge in [-0.15, -0.1) is 0 Å². The smallest absolute Gasteiger partial charge is 0.244 e. The summed E-state index contributed by atoms with van der Waals surface area (Å²) in [5.41, 5.74) is 1.54. The lowest BCUT2D eigenvalue weighted by Crippen LogP contribution is -2.25. The van der Waals surface area contributed by atoms with Gasteiger partial charge in [-0.25, -0.2) is 0 Å². The summed E-state index contributed by atoms with van der Waals surface area (Å²) in [5.74, 6) is -0.0139. The molecule has 114 valence electrons. The Kier molecular flexibility index (Phi) is 6.44. The van der Waals surface area contributed by atoms with Crippen LogP contribution >= 0.6 is 11.6 Å². The van der Waals surface area contributed by atoms with E-state index in [0.29, 0.717) is 17.6 Å². The molecule has 1 aromatic rings. The number of halogens is 1. The molecule has 0 bridgehead atoms. The number of nitriles is 1. The van der Waals surface area contributed by atoms with Gasteiger partial charge in [-0.3, -0.25) is 9.48 Å². The van der Waals surface area contributed by atoms with Crippen molar-refractivity contribution in [3.8, 4) is 6.07 Å². The van der Waals surface area contributed by atoms with Crippen molar-refractivity contribution in [2.45, 2.75) is 34.2 Å². The Balaban J connectivity index is 2.74. The standard InChI is InChI=1S/C15H21ClN4O/c1-10(2)9-20-15(16)13(12(4)19-20)5-6-14(21)18-8-11(3)7-17/h5-6,10-11H,8-9H2,1-4H3,(H,18,21)/b6-5+. The average Bonchev–Trinajstić information content (AvgIpc) is 2.68. The molecule has 0 aromatic carbocycles. The van der Waals surface area contributed by atoms with E-state index in [1.807, 2.05) is 6.92 Å². The van der Waals surface area contributed by atoms with E-state index in [0.717, 1.165) is 17.8 Å². The molecule has 0 radical (unpaired) electrons. The molecule has 0 aliphatic heterocycles. The van der Waals surface area contributed by atoms with Crippen LogP contribution in [0.3, 0.4) is 0 Å². The van der Waals surface area contributed by atoms with Gasteiger partial charge < -0.3 is 5.32 Å². The second kappa shape index (κ2) is 7.84. The molecule has 1 aromatic heterocycles. The number of carbonyl (C=O) groups is 1. The van der Waals surface area contributed by atoms with Crippen LogP contribution in [-0.2, 0) is 11.3 Å². The zero-order valence-electron chi connectivity index (χ0n) is 12.9. The first-order chi connectivity index (χ1) is 9.85. The molecule has 1 atom stereocenters. The van der Waals surface area contributed by atoms with Gasteiger partial charge in [0.25, 0.3) is 0 Å². The molecular weight excluding hydrogens is 288 g/mol. The van der Waals surface area contributed by atoms with Crippen LogP contribution < -0.4 is 5.32 Å². The van der Waals surface area contributed by atoms with Crippen LogP contribution in [0, 0.1) is 30.1 Å². The zero-order chi connectivity index (χ0) is 16.0. The summed E-state index contributed by atoms with van der Waals surface area (Å²) in [6, 6.07) is 2.06.